The maximum absolute atomic E-state index is 13.1. The van der Waals surface area contributed by atoms with Gasteiger partial charge in [-0.3, -0.25) is 9.59 Å². The largest absolute Gasteiger partial charge is 0.489 e. The van der Waals surface area contributed by atoms with E-state index in [1.165, 1.54) is 16.4 Å². The molecule has 1 N–H and O–H groups in total. The van der Waals surface area contributed by atoms with Gasteiger partial charge in [0.15, 0.2) is 0 Å². The Labute approximate surface area is 190 Å². The summed E-state index contributed by atoms with van der Waals surface area (Å²) in [5.41, 5.74) is 0.275. The molecule has 0 saturated carbocycles. The first kappa shape index (κ1) is 24.5. The normalized spacial score (nSPS) is 18.8. The molecule has 32 heavy (non-hydrogen) atoms. The van der Waals surface area contributed by atoms with Crippen LogP contribution in [0.3, 0.4) is 0 Å². The van der Waals surface area contributed by atoms with Crippen molar-refractivity contribution in [1.29, 1.82) is 0 Å². The summed E-state index contributed by atoms with van der Waals surface area (Å²) >= 11 is 0. The second-order valence-electron chi connectivity index (χ2n) is 8.37. The number of likely N-dealkylation sites (tertiary alicyclic amines) is 1. The third-order valence-corrected chi connectivity index (χ3v) is 7.35. The highest BCUT2D eigenvalue weighted by atomic mass is 32.2. The summed E-state index contributed by atoms with van der Waals surface area (Å²) < 4.78 is 38.5. The average molecular weight is 468 g/mol. The molecule has 3 rings (SSSR count). The Morgan fingerprint density at radius 2 is 1.84 bits per heavy atom. The molecule has 178 valence electrons. The predicted octanol–water partition coefficient (Wildman–Crippen LogP) is 2.23. The number of ether oxygens (including phenoxy) is 2. The molecular weight excluding hydrogens is 434 g/mol. The number of anilines is 1. The lowest BCUT2D eigenvalue weighted by Gasteiger charge is -2.27. The van der Waals surface area contributed by atoms with Gasteiger partial charge in [0.1, 0.15) is 5.75 Å². The lowest BCUT2D eigenvalue weighted by molar-refractivity contribution is -0.135. The Morgan fingerprint density at radius 3 is 2.56 bits per heavy atom. The van der Waals surface area contributed by atoms with Crippen LogP contribution in [0.2, 0.25) is 0 Å². The van der Waals surface area contributed by atoms with E-state index in [0.29, 0.717) is 31.9 Å². The van der Waals surface area contributed by atoms with Crippen molar-refractivity contribution in [1.82, 2.24) is 9.21 Å². The number of carbonyl (C=O) groups is 2. The van der Waals surface area contributed by atoms with E-state index in [9.17, 15) is 18.0 Å². The third kappa shape index (κ3) is 6.43. The molecule has 0 bridgehead atoms. The molecule has 2 amide bonds. The van der Waals surface area contributed by atoms with Gasteiger partial charge in [-0.1, -0.05) is 12.8 Å². The van der Waals surface area contributed by atoms with Gasteiger partial charge >= 0.3 is 0 Å². The number of carbonyl (C=O) groups excluding carboxylic acids is 2. The summed E-state index contributed by atoms with van der Waals surface area (Å²) in [6.07, 6.45) is 4.06. The highest BCUT2D eigenvalue weighted by Crippen LogP contribution is 2.30. The van der Waals surface area contributed by atoms with E-state index in [1.54, 1.807) is 11.0 Å². The number of benzene rings is 1. The molecule has 2 aliphatic rings. The monoisotopic (exact) mass is 467 g/mol. The van der Waals surface area contributed by atoms with E-state index in [2.05, 4.69) is 5.32 Å². The molecule has 0 unspecified atom stereocenters. The third-order valence-electron chi connectivity index (χ3n) is 5.45. The number of sulfonamides is 1. The summed E-state index contributed by atoms with van der Waals surface area (Å²) in [5, 5.41) is 2.77. The summed E-state index contributed by atoms with van der Waals surface area (Å²) in [7, 11) is -3.73. The summed E-state index contributed by atoms with van der Waals surface area (Å²) in [5.74, 6) is -0.0242. The van der Waals surface area contributed by atoms with Crippen LogP contribution in [-0.4, -0.2) is 74.9 Å². The van der Waals surface area contributed by atoms with E-state index in [4.69, 9.17) is 9.47 Å². The van der Waals surface area contributed by atoms with Gasteiger partial charge in [-0.15, -0.1) is 0 Å². The lowest BCUT2D eigenvalue weighted by Crippen LogP contribution is -2.40. The molecule has 2 heterocycles. The van der Waals surface area contributed by atoms with Crippen molar-refractivity contribution in [2.75, 3.05) is 44.7 Å². The van der Waals surface area contributed by atoms with Gasteiger partial charge in [-0.2, -0.15) is 4.31 Å². The fourth-order valence-electron chi connectivity index (χ4n) is 3.81. The molecule has 0 radical (unpaired) electrons. The Bertz CT molecular complexity index is 912. The van der Waals surface area contributed by atoms with Gasteiger partial charge in [0.25, 0.3) is 0 Å². The average Bonchev–Trinajstić information content (AvgIpc) is 2.75. The fraction of sp³-hybridized carbons (Fsp3) is 0.636. The van der Waals surface area contributed by atoms with E-state index in [0.717, 1.165) is 25.7 Å². The summed E-state index contributed by atoms with van der Waals surface area (Å²) in [4.78, 5) is 26.8. The van der Waals surface area contributed by atoms with Crippen molar-refractivity contribution < 1.29 is 27.5 Å². The maximum Gasteiger partial charge on any atom is 0.244 e. The zero-order chi connectivity index (χ0) is 23.1. The second-order valence-corrected chi connectivity index (χ2v) is 10.3. The Morgan fingerprint density at radius 1 is 1.12 bits per heavy atom. The Balaban J connectivity index is 1.80. The molecule has 1 aromatic carbocycles. The van der Waals surface area contributed by atoms with Gasteiger partial charge in [-0.25, -0.2) is 8.42 Å². The van der Waals surface area contributed by atoms with E-state index in [-0.39, 0.29) is 48.1 Å². The first-order valence-electron chi connectivity index (χ1n) is 11.2. The molecule has 1 aromatic rings. The Hall–Kier alpha value is -2.17. The van der Waals surface area contributed by atoms with Crippen LogP contribution in [0.4, 0.5) is 5.69 Å². The molecule has 10 heteroatoms. The van der Waals surface area contributed by atoms with Crippen molar-refractivity contribution in [2.24, 2.45) is 0 Å². The van der Waals surface area contributed by atoms with E-state index >= 15 is 0 Å². The second kappa shape index (κ2) is 11.1. The quantitative estimate of drug-likeness (QED) is 0.659. The molecule has 0 spiro atoms. The molecular formula is C22H33N3O6S. The number of nitrogens with zero attached hydrogens (tertiary/aromatic N) is 2. The molecule has 0 atom stereocenters. The van der Waals surface area contributed by atoms with Crippen LogP contribution in [0.15, 0.2) is 23.1 Å². The molecule has 0 aliphatic carbocycles. The number of nitrogens with one attached hydrogen (secondary N) is 1. The first-order valence-corrected chi connectivity index (χ1v) is 12.7. The van der Waals surface area contributed by atoms with Gasteiger partial charge in [0.2, 0.25) is 21.8 Å². The number of hydrogen-bond acceptors (Lipinski definition) is 6. The highest BCUT2D eigenvalue weighted by Gasteiger charge is 2.28. The van der Waals surface area contributed by atoms with Crippen LogP contribution in [0.1, 0.15) is 46.0 Å². The van der Waals surface area contributed by atoms with Crippen molar-refractivity contribution in [3.8, 4) is 5.75 Å². The van der Waals surface area contributed by atoms with Gasteiger partial charge in [0, 0.05) is 26.1 Å². The topological polar surface area (TPSA) is 105 Å². The van der Waals surface area contributed by atoms with E-state index in [1.807, 2.05) is 13.8 Å². The smallest absolute Gasteiger partial charge is 0.244 e. The van der Waals surface area contributed by atoms with Crippen LogP contribution in [0.25, 0.3) is 0 Å². The van der Waals surface area contributed by atoms with Crippen LogP contribution >= 0.6 is 0 Å². The minimum atomic E-state index is -3.73. The minimum Gasteiger partial charge on any atom is -0.489 e. The maximum atomic E-state index is 13.1. The van der Waals surface area contributed by atoms with Crippen LogP contribution in [0.5, 0.6) is 5.75 Å². The summed E-state index contributed by atoms with van der Waals surface area (Å²) in [6.45, 7) is 5.44. The standard InChI is InChI=1S/C22H33N3O6S/c1-17(2)31-20-9-8-18(32(28,29)25-11-13-30-14-12-25)15-19(20)23-21(26)16-24-10-6-4-3-5-7-22(24)27/h8-9,15,17H,3-7,10-14,16H2,1-2H3,(H,23,26). The number of morpholine rings is 1. The predicted molar refractivity (Wildman–Crippen MR) is 120 cm³/mol. The SMILES string of the molecule is CC(C)Oc1ccc(S(=O)(=O)N2CCOCC2)cc1NC(=O)CN1CCCCCCC1=O. The van der Waals surface area contributed by atoms with E-state index < -0.39 is 10.0 Å². The highest BCUT2D eigenvalue weighted by molar-refractivity contribution is 7.89. The van der Waals surface area contributed by atoms with Crippen LogP contribution in [0, 0.1) is 0 Å². The van der Waals surface area contributed by atoms with Crippen LogP contribution in [-0.2, 0) is 24.3 Å². The molecule has 2 aliphatic heterocycles. The van der Waals surface area contributed by atoms with Gasteiger partial charge < -0.3 is 19.7 Å². The van der Waals surface area contributed by atoms with Gasteiger partial charge in [-0.05, 0) is 44.9 Å². The summed E-state index contributed by atoms with van der Waals surface area (Å²) in [6, 6.07) is 4.47. The molecule has 2 fully saturated rings. The zero-order valence-corrected chi connectivity index (χ0v) is 19.7. The van der Waals surface area contributed by atoms with Crippen LogP contribution < -0.4 is 10.1 Å². The zero-order valence-electron chi connectivity index (χ0n) is 18.8. The molecule has 2 saturated heterocycles. The molecule has 9 nitrogen and oxygen atoms in total. The lowest BCUT2D eigenvalue weighted by atomic mass is 10.1. The molecule has 0 aromatic heterocycles. The van der Waals surface area contributed by atoms with Crippen molar-refractivity contribution in [3.63, 3.8) is 0 Å². The fourth-order valence-corrected chi connectivity index (χ4v) is 5.24. The number of rotatable bonds is 7. The number of hydrogen-bond donors (Lipinski definition) is 1. The minimum absolute atomic E-state index is 0.0258. The van der Waals surface area contributed by atoms with Gasteiger partial charge in [0.05, 0.1) is 36.4 Å². The number of amides is 2. The Kier molecular flexibility index (Phi) is 8.50. The van der Waals surface area contributed by atoms with Crippen molar-refractivity contribution in [3.05, 3.63) is 18.2 Å². The van der Waals surface area contributed by atoms with Crippen molar-refractivity contribution in [2.45, 2.75) is 57.0 Å². The first-order chi connectivity index (χ1) is 15.3. The van der Waals surface area contributed by atoms with Crippen molar-refractivity contribution >= 4 is 27.5 Å².